The van der Waals surface area contributed by atoms with Crippen LogP contribution in [-0.2, 0) is 0 Å². The van der Waals surface area contributed by atoms with Gasteiger partial charge in [0, 0.05) is 12.6 Å². The fourth-order valence-electron chi connectivity index (χ4n) is 1.27. The van der Waals surface area contributed by atoms with Gasteiger partial charge in [-0.05, 0) is 17.9 Å². The van der Waals surface area contributed by atoms with E-state index in [0.29, 0.717) is 24.1 Å². The standard InChI is InChI=1S/C12H17FN2O2/c1-8(2)9(3)7-14-12-5-4-10(15(16)17)6-11(12)13/h4-6,8-9,14H,7H2,1-3H3. The maximum absolute atomic E-state index is 13.5. The first-order valence-corrected chi connectivity index (χ1v) is 5.59. The summed E-state index contributed by atoms with van der Waals surface area (Å²) in [6, 6.07) is 3.63. The summed E-state index contributed by atoms with van der Waals surface area (Å²) in [5, 5.41) is 13.4. The smallest absolute Gasteiger partial charge is 0.272 e. The molecule has 0 spiro atoms. The van der Waals surface area contributed by atoms with Crippen LogP contribution in [0.1, 0.15) is 20.8 Å². The van der Waals surface area contributed by atoms with Gasteiger partial charge in [0.05, 0.1) is 16.7 Å². The molecule has 0 fully saturated rings. The molecule has 1 rings (SSSR count). The summed E-state index contributed by atoms with van der Waals surface area (Å²) in [7, 11) is 0. The van der Waals surface area contributed by atoms with Crippen LogP contribution in [0.5, 0.6) is 0 Å². The number of nitrogens with one attached hydrogen (secondary N) is 1. The topological polar surface area (TPSA) is 55.2 Å². The SMILES string of the molecule is CC(C)C(C)CNc1ccc([N+](=O)[O-])cc1F. The molecule has 0 heterocycles. The minimum atomic E-state index is -0.608. The highest BCUT2D eigenvalue weighted by molar-refractivity contribution is 5.50. The number of nitro groups is 1. The zero-order valence-electron chi connectivity index (χ0n) is 10.2. The van der Waals surface area contributed by atoms with Crippen LogP contribution in [0.3, 0.4) is 0 Å². The van der Waals surface area contributed by atoms with E-state index < -0.39 is 10.7 Å². The zero-order chi connectivity index (χ0) is 13.0. The molecule has 5 heteroatoms. The van der Waals surface area contributed by atoms with Crippen LogP contribution < -0.4 is 5.32 Å². The van der Waals surface area contributed by atoms with Gasteiger partial charge in [-0.2, -0.15) is 0 Å². The van der Waals surface area contributed by atoms with E-state index in [1.54, 1.807) is 0 Å². The van der Waals surface area contributed by atoms with Crippen LogP contribution in [0, 0.1) is 27.8 Å². The van der Waals surface area contributed by atoms with Crippen molar-refractivity contribution in [2.75, 3.05) is 11.9 Å². The molecule has 0 aromatic heterocycles. The van der Waals surface area contributed by atoms with Crippen LogP contribution in [0.4, 0.5) is 15.8 Å². The number of non-ortho nitro benzene ring substituents is 1. The number of anilines is 1. The van der Waals surface area contributed by atoms with Crippen molar-refractivity contribution in [3.05, 3.63) is 34.1 Å². The molecule has 94 valence electrons. The number of hydrogen-bond acceptors (Lipinski definition) is 3. The van der Waals surface area contributed by atoms with Crippen molar-refractivity contribution in [3.8, 4) is 0 Å². The van der Waals surface area contributed by atoms with Crippen molar-refractivity contribution in [1.29, 1.82) is 0 Å². The molecule has 4 nitrogen and oxygen atoms in total. The summed E-state index contributed by atoms with van der Waals surface area (Å²) in [6.07, 6.45) is 0. The number of nitrogens with zero attached hydrogens (tertiary/aromatic N) is 1. The van der Waals surface area contributed by atoms with Crippen molar-refractivity contribution in [2.45, 2.75) is 20.8 Å². The number of nitro benzene ring substituents is 1. The first kappa shape index (κ1) is 13.4. The maximum Gasteiger partial charge on any atom is 0.272 e. The Kier molecular flexibility index (Phi) is 4.43. The lowest BCUT2D eigenvalue weighted by Crippen LogP contribution is -2.16. The molecule has 1 aromatic carbocycles. The highest BCUT2D eigenvalue weighted by Gasteiger charge is 2.12. The average molecular weight is 240 g/mol. The van der Waals surface area contributed by atoms with Crippen molar-refractivity contribution in [3.63, 3.8) is 0 Å². The number of halogens is 1. The fraction of sp³-hybridized carbons (Fsp3) is 0.500. The molecule has 0 radical (unpaired) electrons. The third kappa shape index (κ3) is 3.69. The summed E-state index contributed by atoms with van der Waals surface area (Å²) in [5.41, 5.74) is 0.0769. The van der Waals surface area contributed by atoms with Gasteiger partial charge in [0.2, 0.25) is 0 Å². The van der Waals surface area contributed by atoms with Crippen molar-refractivity contribution < 1.29 is 9.31 Å². The molecule has 17 heavy (non-hydrogen) atoms. The quantitative estimate of drug-likeness (QED) is 0.633. The minimum Gasteiger partial charge on any atom is -0.382 e. The van der Waals surface area contributed by atoms with Gasteiger partial charge >= 0.3 is 0 Å². The zero-order valence-corrected chi connectivity index (χ0v) is 10.2. The van der Waals surface area contributed by atoms with Gasteiger partial charge in [0.25, 0.3) is 5.69 Å². The van der Waals surface area contributed by atoms with Crippen LogP contribution in [0.15, 0.2) is 18.2 Å². The van der Waals surface area contributed by atoms with E-state index in [4.69, 9.17) is 0 Å². The van der Waals surface area contributed by atoms with E-state index in [2.05, 4.69) is 26.1 Å². The van der Waals surface area contributed by atoms with E-state index in [1.807, 2.05) is 0 Å². The Morgan fingerprint density at radius 2 is 2.06 bits per heavy atom. The molecule has 0 amide bonds. The summed E-state index contributed by atoms with van der Waals surface area (Å²) in [6.45, 7) is 6.91. The molecular weight excluding hydrogens is 223 g/mol. The monoisotopic (exact) mass is 240 g/mol. The molecule has 1 aromatic rings. The van der Waals surface area contributed by atoms with Gasteiger partial charge in [0.1, 0.15) is 0 Å². The lowest BCUT2D eigenvalue weighted by Gasteiger charge is -2.17. The normalized spacial score (nSPS) is 12.5. The van der Waals surface area contributed by atoms with Crippen LogP contribution >= 0.6 is 0 Å². The Morgan fingerprint density at radius 3 is 2.53 bits per heavy atom. The molecule has 1 N–H and O–H groups in total. The lowest BCUT2D eigenvalue weighted by molar-refractivity contribution is -0.385. The van der Waals surface area contributed by atoms with Crippen molar-refractivity contribution >= 4 is 11.4 Å². The van der Waals surface area contributed by atoms with Gasteiger partial charge in [0.15, 0.2) is 5.82 Å². The molecule has 0 saturated carbocycles. The second-order valence-corrected chi connectivity index (χ2v) is 4.52. The number of rotatable bonds is 5. The summed E-state index contributed by atoms with van der Waals surface area (Å²) >= 11 is 0. The lowest BCUT2D eigenvalue weighted by atomic mass is 9.98. The van der Waals surface area contributed by atoms with E-state index in [-0.39, 0.29) is 5.69 Å². The second-order valence-electron chi connectivity index (χ2n) is 4.52. The first-order valence-electron chi connectivity index (χ1n) is 5.59. The van der Waals surface area contributed by atoms with Gasteiger partial charge in [-0.15, -0.1) is 0 Å². The molecule has 0 aliphatic heterocycles. The van der Waals surface area contributed by atoms with Crippen LogP contribution in [0.25, 0.3) is 0 Å². The van der Waals surface area contributed by atoms with Crippen molar-refractivity contribution in [2.24, 2.45) is 11.8 Å². The highest BCUT2D eigenvalue weighted by Crippen LogP contribution is 2.21. The highest BCUT2D eigenvalue weighted by atomic mass is 19.1. The van der Waals surface area contributed by atoms with Crippen LogP contribution in [-0.4, -0.2) is 11.5 Å². The number of benzene rings is 1. The Bertz CT molecular complexity index is 407. The third-order valence-corrected chi connectivity index (χ3v) is 2.92. The molecule has 0 saturated heterocycles. The van der Waals surface area contributed by atoms with Gasteiger partial charge in [-0.1, -0.05) is 20.8 Å². The Balaban J connectivity index is 2.70. The predicted molar refractivity (Wildman–Crippen MR) is 65.5 cm³/mol. The predicted octanol–water partition coefficient (Wildman–Crippen LogP) is 3.44. The summed E-state index contributed by atoms with van der Waals surface area (Å²) < 4.78 is 13.5. The van der Waals surface area contributed by atoms with Gasteiger partial charge < -0.3 is 5.32 Å². The molecule has 0 aliphatic rings. The van der Waals surface area contributed by atoms with E-state index in [9.17, 15) is 14.5 Å². The Labute approximate surface area is 100.0 Å². The van der Waals surface area contributed by atoms with Gasteiger partial charge in [-0.3, -0.25) is 10.1 Å². The molecule has 0 bridgehead atoms. The third-order valence-electron chi connectivity index (χ3n) is 2.92. The first-order chi connectivity index (χ1) is 7.91. The molecule has 1 atom stereocenters. The van der Waals surface area contributed by atoms with Gasteiger partial charge in [-0.25, -0.2) is 4.39 Å². The second kappa shape index (κ2) is 5.61. The Hall–Kier alpha value is -1.65. The van der Waals surface area contributed by atoms with Crippen LogP contribution in [0.2, 0.25) is 0 Å². The van der Waals surface area contributed by atoms with E-state index >= 15 is 0 Å². The molecular formula is C12H17FN2O2. The summed E-state index contributed by atoms with van der Waals surface area (Å²) in [5.74, 6) is 0.323. The minimum absolute atomic E-state index is 0.232. The van der Waals surface area contributed by atoms with E-state index in [1.165, 1.54) is 12.1 Å². The average Bonchev–Trinajstić information content (AvgIpc) is 2.26. The summed E-state index contributed by atoms with van der Waals surface area (Å²) in [4.78, 5) is 9.83. The van der Waals surface area contributed by atoms with Crippen molar-refractivity contribution in [1.82, 2.24) is 0 Å². The maximum atomic E-state index is 13.5. The molecule has 0 aliphatic carbocycles. The Morgan fingerprint density at radius 1 is 1.41 bits per heavy atom. The van der Waals surface area contributed by atoms with E-state index in [0.717, 1.165) is 6.07 Å². The fourth-order valence-corrected chi connectivity index (χ4v) is 1.27. The number of hydrogen-bond donors (Lipinski definition) is 1. The largest absolute Gasteiger partial charge is 0.382 e. The molecule has 1 unspecified atom stereocenters.